The molecule has 1 aliphatic carbocycles. The number of hydrogen-bond donors (Lipinski definition) is 1. The normalized spacial score (nSPS) is 15.8. The molecule has 1 fully saturated rings. The lowest BCUT2D eigenvalue weighted by Gasteiger charge is -2.26. The number of aryl methyl sites for hydroxylation is 1. The highest BCUT2D eigenvalue weighted by molar-refractivity contribution is 7.18. The summed E-state index contributed by atoms with van der Waals surface area (Å²) in [5, 5.41) is 4.54. The summed E-state index contributed by atoms with van der Waals surface area (Å²) in [5.74, 6) is 1.86. The van der Waals surface area contributed by atoms with Crippen LogP contribution in [0.5, 0.6) is 0 Å². The van der Waals surface area contributed by atoms with E-state index < -0.39 is 0 Å². The zero-order valence-electron chi connectivity index (χ0n) is 13.1. The molecule has 0 saturated heterocycles. The summed E-state index contributed by atoms with van der Waals surface area (Å²) in [7, 11) is 2.19. The molecule has 0 radical (unpaired) electrons. The van der Waals surface area contributed by atoms with Crippen molar-refractivity contribution in [3.63, 3.8) is 0 Å². The summed E-state index contributed by atoms with van der Waals surface area (Å²) in [6, 6.07) is 2.85. The molecule has 21 heavy (non-hydrogen) atoms. The fraction of sp³-hybridized carbons (Fsp3) is 0.625. The van der Waals surface area contributed by atoms with Crippen LogP contribution in [0.1, 0.15) is 43.9 Å². The molecule has 0 aliphatic heterocycles. The highest BCUT2D eigenvalue weighted by atomic mass is 32.1. The van der Waals surface area contributed by atoms with Crippen molar-refractivity contribution >= 4 is 33.3 Å². The maximum Gasteiger partial charge on any atom is 0.226 e. The number of nitrogens with zero attached hydrogens (tertiary/aromatic N) is 3. The van der Waals surface area contributed by atoms with Crippen molar-refractivity contribution in [3.8, 4) is 0 Å². The number of rotatable bonds is 5. The molecule has 0 amide bonds. The third-order valence-corrected chi connectivity index (χ3v) is 5.18. The molecule has 3 rings (SSSR count). The van der Waals surface area contributed by atoms with Gasteiger partial charge in [-0.15, -0.1) is 11.3 Å². The summed E-state index contributed by atoms with van der Waals surface area (Å²) in [4.78, 5) is 14.3. The van der Waals surface area contributed by atoms with Crippen molar-refractivity contribution in [2.45, 2.75) is 52.0 Å². The number of thiophene rings is 1. The van der Waals surface area contributed by atoms with Gasteiger partial charge in [-0.2, -0.15) is 4.98 Å². The van der Waals surface area contributed by atoms with Crippen LogP contribution in [0.25, 0.3) is 10.2 Å². The Bertz CT molecular complexity index is 616. The van der Waals surface area contributed by atoms with E-state index in [9.17, 15) is 0 Å². The van der Waals surface area contributed by atoms with Crippen LogP contribution in [0.15, 0.2) is 6.07 Å². The predicted octanol–water partition coefficient (Wildman–Crippen LogP) is 4.20. The third-order valence-electron chi connectivity index (χ3n) is 4.24. The van der Waals surface area contributed by atoms with Gasteiger partial charge in [0.25, 0.3) is 0 Å². The van der Waals surface area contributed by atoms with E-state index in [1.54, 1.807) is 11.3 Å². The fourth-order valence-electron chi connectivity index (χ4n) is 3.08. The van der Waals surface area contributed by atoms with Gasteiger partial charge >= 0.3 is 0 Å². The molecule has 1 saturated carbocycles. The summed E-state index contributed by atoms with van der Waals surface area (Å²) < 4.78 is 0. The molecule has 0 bridgehead atoms. The molecule has 2 aromatic heterocycles. The Morgan fingerprint density at radius 2 is 2.10 bits per heavy atom. The van der Waals surface area contributed by atoms with Crippen molar-refractivity contribution in [1.82, 2.24) is 9.97 Å². The Morgan fingerprint density at radius 1 is 1.33 bits per heavy atom. The Hall–Kier alpha value is -1.36. The molecule has 1 N–H and O–H groups in total. The molecule has 0 atom stereocenters. The zero-order chi connectivity index (χ0) is 14.8. The first-order valence-corrected chi connectivity index (χ1v) is 8.75. The standard InChI is InChI=1S/C16H24N4S/c1-4-9-17-16-18-14(20(3)12-7-5-6-8-12)13-10-11(2)21-15(13)19-16/h10,12H,4-9H2,1-3H3,(H,17,18,19). The quantitative estimate of drug-likeness (QED) is 0.899. The van der Waals surface area contributed by atoms with Crippen molar-refractivity contribution in [1.29, 1.82) is 0 Å². The Morgan fingerprint density at radius 3 is 2.81 bits per heavy atom. The number of nitrogens with one attached hydrogen (secondary N) is 1. The Labute approximate surface area is 130 Å². The molecule has 2 aromatic rings. The monoisotopic (exact) mass is 304 g/mol. The third kappa shape index (κ3) is 2.98. The summed E-state index contributed by atoms with van der Waals surface area (Å²) in [6.07, 6.45) is 6.32. The van der Waals surface area contributed by atoms with Crippen molar-refractivity contribution in [3.05, 3.63) is 10.9 Å². The second-order valence-corrected chi connectivity index (χ2v) is 7.16. The molecule has 2 heterocycles. The van der Waals surface area contributed by atoms with Gasteiger partial charge in [0.05, 0.1) is 5.39 Å². The van der Waals surface area contributed by atoms with Crippen LogP contribution in [0.3, 0.4) is 0 Å². The average Bonchev–Trinajstić information content (AvgIpc) is 3.11. The van der Waals surface area contributed by atoms with Gasteiger partial charge < -0.3 is 10.2 Å². The molecule has 1 aliphatic rings. The van der Waals surface area contributed by atoms with E-state index in [1.807, 2.05) is 0 Å². The van der Waals surface area contributed by atoms with E-state index in [4.69, 9.17) is 4.98 Å². The number of anilines is 2. The Kier molecular flexibility index (Phi) is 4.29. The number of aromatic nitrogens is 2. The highest BCUT2D eigenvalue weighted by Gasteiger charge is 2.23. The lowest BCUT2D eigenvalue weighted by molar-refractivity contribution is 0.648. The van der Waals surface area contributed by atoms with Crippen LogP contribution >= 0.6 is 11.3 Å². The van der Waals surface area contributed by atoms with Crippen molar-refractivity contribution < 1.29 is 0 Å². The minimum Gasteiger partial charge on any atom is -0.356 e. The number of hydrogen-bond acceptors (Lipinski definition) is 5. The van der Waals surface area contributed by atoms with E-state index >= 15 is 0 Å². The number of fused-ring (bicyclic) bond motifs is 1. The van der Waals surface area contributed by atoms with E-state index in [1.165, 1.54) is 35.9 Å². The summed E-state index contributed by atoms with van der Waals surface area (Å²) in [5.41, 5.74) is 0. The molecule has 0 unspecified atom stereocenters. The first kappa shape index (κ1) is 14.6. The molecule has 5 heteroatoms. The van der Waals surface area contributed by atoms with Gasteiger partial charge in [0.15, 0.2) is 0 Å². The predicted molar refractivity (Wildman–Crippen MR) is 91.6 cm³/mol. The van der Waals surface area contributed by atoms with Crippen LogP contribution in [0.4, 0.5) is 11.8 Å². The van der Waals surface area contributed by atoms with Crippen LogP contribution in [0, 0.1) is 6.92 Å². The van der Waals surface area contributed by atoms with E-state index in [0.29, 0.717) is 6.04 Å². The van der Waals surface area contributed by atoms with E-state index in [-0.39, 0.29) is 0 Å². The summed E-state index contributed by atoms with van der Waals surface area (Å²) in [6.45, 7) is 5.22. The van der Waals surface area contributed by atoms with Gasteiger partial charge in [-0.1, -0.05) is 19.8 Å². The molecule has 0 aromatic carbocycles. The minimum atomic E-state index is 0.627. The molecular formula is C16H24N4S. The van der Waals surface area contributed by atoms with Gasteiger partial charge in [-0.3, -0.25) is 0 Å². The second-order valence-electron chi connectivity index (χ2n) is 5.92. The van der Waals surface area contributed by atoms with Crippen LogP contribution in [-0.4, -0.2) is 29.6 Å². The first-order valence-electron chi connectivity index (χ1n) is 7.94. The van der Waals surface area contributed by atoms with E-state index in [0.717, 1.165) is 29.6 Å². The Balaban J connectivity index is 2.00. The largest absolute Gasteiger partial charge is 0.356 e. The molecule has 4 nitrogen and oxygen atoms in total. The lowest BCUT2D eigenvalue weighted by atomic mass is 10.2. The summed E-state index contributed by atoms with van der Waals surface area (Å²) >= 11 is 1.76. The van der Waals surface area contributed by atoms with Gasteiger partial charge in [-0.25, -0.2) is 4.98 Å². The molecule has 114 valence electrons. The van der Waals surface area contributed by atoms with Crippen molar-refractivity contribution in [2.75, 3.05) is 23.8 Å². The van der Waals surface area contributed by atoms with Crippen LogP contribution < -0.4 is 10.2 Å². The molecular weight excluding hydrogens is 280 g/mol. The van der Waals surface area contributed by atoms with Crippen molar-refractivity contribution in [2.24, 2.45) is 0 Å². The van der Waals surface area contributed by atoms with Gasteiger partial charge in [0, 0.05) is 24.5 Å². The minimum absolute atomic E-state index is 0.627. The topological polar surface area (TPSA) is 41.1 Å². The van der Waals surface area contributed by atoms with Gasteiger partial charge in [0.2, 0.25) is 5.95 Å². The maximum absolute atomic E-state index is 4.81. The fourth-order valence-corrected chi connectivity index (χ4v) is 3.95. The van der Waals surface area contributed by atoms with Crippen LogP contribution in [0.2, 0.25) is 0 Å². The van der Waals surface area contributed by atoms with E-state index in [2.05, 4.69) is 42.2 Å². The average molecular weight is 304 g/mol. The lowest BCUT2D eigenvalue weighted by Crippen LogP contribution is -2.30. The maximum atomic E-state index is 4.81. The van der Waals surface area contributed by atoms with Gasteiger partial charge in [-0.05, 0) is 32.3 Å². The molecule has 0 spiro atoms. The SMILES string of the molecule is CCCNc1nc(N(C)C2CCCC2)c2cc(C)sc2n1. The van der Waals surface area contributed by atoms with Gasteiger partial charge in [0.1, 0.15) is 10.6 Å². The smallest absolute Gasteiger partial charge is 0.226 e. The highest BCUT2D eigenvalue weighted by Crippen LogP contribution is 2.34. The first-order chi connectivity index (χ1) is 10.2. The second kappa shape index (κ2) is 6.18. The zero-order valence-corrected chi connectivity index (χ0v) is 14.0. The van der Waals surface area contributed by atoms with Crippen LogP contribution in [-0.2, 0) is 0 Å².